The number of carbonyl (C=O) groups is 1. The van der Waals surface area contributed by atoms with Crippen molar-refractivity contribution in [1.82, 2.24) is 24.3 Å². The highest BCUT2D eigenvalue weighted by atomic mass is 32.1. The monoisotopic (exact) mass is 351 g/mol. The molecule has 3 aromatic heterocycles. The van der Waals surface area contributed by atoms with Gasteiger partial charge in [-0.25, -0.2) is 9.97 Å². The fourth-order valence-corrected chi connectivity index (χ4v) is 3.49. The maximum atomic E-state index is 13.0. The minimum absolute atomic E-state index is 0.0989. The average molecular weight is 351 g/mol. The Morgan fingerprint density at radius 2 is 2.16 bits per heavy atom. The van der Waals surface area contributed by atoms with E-state index >= 15 is 0 Å². The number of hydrogen-bond donors (Lipinski definition) is 1. The Hall–Kier alpha value is -2.93. The van der Waals surface area contributed by atoms with Crippen molar-refractivity contribution in [1.29, 1.82) is 0 Å². The normalized spacial score (nSPS) is 11.1. The standard InChI is InChI=1S/C18H17N5OS/c1-22(10-7-13-5-3-2-4-6-13)17(24)14-15(16-19-8-9-20-16)23-11-12-25-18(23)21-14/h2-6,8-9,11-12H,7,10H2,1H3,(H,19,20). The van der Waals surface area contributed by atoms with Crippen LogP contribution in [0.15, 0.2) is 54.3 Å². The molecule has 0 aliphatic rings. The van der Waals surface area contributed by atoms with E-state index in [0.717, 1.165) is 11.4 Å². The van der Waals surface area contributed by atoms with Crippen LogP contribution < -0.4 is 0 Å². The van der Waals surface area contributed by atoms with Crippen LogP contribution in [-0.4, -0.2) is 43.8 Å². The van der Waals surface area contributed by atoms with Gasteiger partial charge in [-0.3, -0.25) is 9.20 Å². The van der Waals surface area contributed by atoms with Crippen molar-refractivity contribution in [3.8, 4) is 11.5 Å². The molecule has 0 saturated heterocycles. The smallest absolute Gasteiger partial charge is 0.274 e. The Bertz CT molecular complexity index is 987. The number of H-pyrrole nitrogens is 1. The van der Waals surface area contributed by atoms with Gasteiger partial charge in [0.15, 0.2) is 16.5 Å². The second-order valence-corrected chi connectivity index (χ2v) is 6.64. The summed E-state index contributed by atoms with van der Waals surface area (Å²) in [7, 11) is 1.81. The minimum atomic E-state index is -0.0989. The first-order valence-corrected chi connectivity index (χ1v) is 8.86. The third-order valence-corrected chi connectivity index (χ3v) is 4.87. The SMILES string of the molecule is CN(CCc1ccccc1)C(=O)c1nc2sccn2c1-c1ncc[nH]1. The maximum absolute atomic E-state index is 13.0. The predicted octanol–water partition coefficient (Wildman–Crippen LogP) is 3.10. The molecule has 0 bridgehead atoms. The van der Waals surface area contributed by atoms with Crippen molar-refractivity contribution >= 4 is 22.2 Å². The van der Waals surface area contributed by atoms with Crippen LogP contribution in [0.2, 0.25) is 0 Å². The fourth-order valence-electron chi connectivity index (χ4n) is 2.78. The molecule has 0 spiro atoms. The molecule has 4 aromatic rings. The van der Waals surface area contributed by atoms with Crippen LogP contribution in [0.1, 0.15) is 16.1 Å². The van der Waals surface area contributed by atoms with Crippen LogP contribution in [0, 0.1) is 0 Å². The maximum Gasteiger partial charge on any atom is 0.274 e. The highest BCUT2D eigenvalue weighted by Crippen LogP contribution is 2.25. The van der Waals surface area contributed by atoms with E-state index < -0.39 is 0 Å². The first-order valence-electron chi connectivity index (χ1n) is 7.99. The van der Waals surface area contributed by atoms with Gasteiger partial charge < -0.3 is 9.88 Å². The molecular formula is C18H17N5OS. The van der Waals surface area contributed by atoms with Gasteiger partial charge in [-0.05, 0) is 12.0 Å². The van der Waals surface area contributed by atoms with Crippen molar-refractivity contribution in [2.24, 2.45) is 0 Å². The Morgan fingerprint density at radius 1 is 1.32 bits per heavy atom. The van der Waals surface area contributed by atoms with E-state index in [4.69, 9.17) is 0 Å². The largest absolute Gasteiger partial charge is 0.343 e. The van der Waals surface area contributed by atoms with Crippen LogP contribution in [-0.2, 0) is 6.42 Å². The molecule has 25 heavy (non-hydrogen) atoms. The molecule has 4 rings (SSSR count). The average Bonchev–Trinajstić information content (AvgIpc) is 3.36. The van der Waals surface area contributed by atoms with Gasteiger partial charge in [-0.15, -0.1) is 11.3 Å². The summed E-state index contributed by atoms with van der Waals surface area (Å²) in [5.74, 6) is 0.545. The lowest BCUT2D eigenvalue weighted by Gasteiger charge is -2.16. The molecule has 126 valence electrons. The Kier molecular flexibility index (Phi) is 4.07. The van der Waals surface area contributed by atoms with Crippen molar-refractivity contribution in [3.63, 3.8) is 0 Å². The quantitative estimate of drug-likeness (QED) is 0.601. The van der Waals surface area contributed by atoms with E-state index in [-0.39, 0.29) is 5.91 Å². The van der Waals surface area contributed by atoms with Gasteiger partial charge in [0, 0.05) is 37.6 Å². The molecule has 0 unspecified atom stereocenters. The molecule has 0 radical (unpaired) electrons. The molecule has 0 fully saturated rings. The van der Waals surface area contributed by atoms with Crippen LogP contribution in [0.3, 0.4) is 0 Å². The van der Waals surface area contributed by atoms with Crippen molar-refractivity contribution in [2.75, 3.05) is 13.6 Å². The van der Waals surface area contributed by atoms with Crippen LogP contribution in [0.25, 0.3) is 16.5 Å². The highest BCUT2D eigenvalue weighted by molar-refractivity contribution is 7.15. The van der Waals surface area contributed by atoms with Gasteiger partial charge in [0.2, 0.25) is 0 Å². The molecule has 0 aliphatic carbocycles. The zero-order chi connectivity index (χ0) is 17.2. The summed E-state index contributed by atoms with van der Waals surface area (Å²) in [4.78, 5) is 27.4. The number of nitrogens with one attached hydrogen (secondary N) is 1. The van der Waals surface area contributed by atoms with Crippen molar-refractivity contribution in [2.45, 2.75) is 6.42 Å². The van der Waals surface area contributed by atoms with Crippen LogP contribution in [0.5, 0.6) is 0 Å². The summed E-state index contributed by atoms with van der Waals surface area (Å²) in [5.41, 5.74) is 2.34. The number of rotatable bonds is 5. The van der Waals surface area contributed by atoms with Gasteiger partial charge in [-0.1, -0.05) is 30.3 Å². The topological polar surface area (TPSA) is 66.3 Å². The summed E-state index contributed by atoms with van der Waals surface area (Å²) in [5, 5.41) is 1.95. The number of fused-ring (bicyclic) bond motifs is 1. The van der Waals surface area contributed by atoms with Gasteiger partial charge in [-0.2, -0.15) is 0 Å². The lowest BCUT2D eigenvalue weighted by atomic mass is 10.1. The summed E-state index contributed by atoms with van der Waals surface area (Å²) in [6.45, 7) is 0.631. The number of hydrogen-bond acceptors (Lipinski definition) is 4. The van der Waals surface area contributed by atoms with Gasteiger partial charge in [0.25, 0.3) is 5.91 Å². The van der Waals surface area contributed by atoms with Gasteiger partial charge >= 0.3 is 0 Å². The number of imidazole rings is 2. The zero-order valence-corrected chi connectivity index (χ0v) is 14.5. The van der Waals surface area contributed by atoms with E-state index in [1.54, 1.807) is 17.3 Å². The lowest BCUT2D eigenvalue weighted by Crippen LogP contribution is -2.29. The number of aromatic amines is 1. The Labute approximate surface area is 148 Å². The summed E-state index contributed by atoms with van der Waals surface area (Å²) in [6, 6.07) is 10.1. The highest BCUT2D eigenvalue weighted by Gasteiger charge is 2.24. The Morgan fingerprint density at radius 3 is 2.92 bits per heavy atom. The number of amides is 1. The number of nitrogens with zero attached hydrogens (tertiary/aromatic N) is 4. The molecule has 1 aromatic carbocycles. The number of thiazole rings is 1. The van der Waals surface area contributed by atoms with Crippen molar-refractivity contribution < 1.29 is 4.79 Å². The first kappa shape index (κ1) is 15.6. The van der Waals surface area contributed by atoms with E-state index in [0.29, 0.717) is 23.8 Å². The molecule has 0 saturated carbocycles. The lowest BCUT2D eigenvalue weighted by molar-refractivity contribution is 0.0792. The molecule has 1 amide bonds. The molecule has 0 atom stereocenters. The second-order valence-electron chi connectivity index (χ2n) is 5.76. The van der Waals surface area contributed by atoms with Crippen LogP contribution in [0.4, 0.5) is 0 Å². The molecule has 0 aliphatic heterocycles. The van der Waals surface area contributed by atoms with Crippen molar-refractivity contribution in [3.05, 3.63) is 65.6 Å². The number of likely N-dealkylation sites (N-methyl/N-ethyl adjacent to an activating group) is 1. The Balaban J connectivity index is 1.61. The number of carbonyl (C=O) groups excluding carboxylic acids is 1. The first-order chi connectivity index (χ1) is 12.2. The van der Waals surface area contributed by atoms with E-state index in [1.807, 2.05) is 41.2 Å². The number of aromatic nitrogens is 4. The molecule has 6 nitrogen and oxygen atoms in total. The van der Waals surface area contributed by atoms with E-state index in [9.17, 15) is 4.79 Å². The number of benzene rings is 1. The fraction of sp³-hybridized carbons (Fsp3) is 0.167. The summed E-state index contributed by atoms with van der Waals surface area (Å²) in [6.07, 6.45) is 6.13. The molecule has 1 N–H and O–H groups in total. The summed E-state index contributed by atoms with van der Waals surface area (Å²) < 4.78 is 1.90. The van der Waals surface area contributed by atoms with E-state index in [2.05, 4.69) is 27.1 Å². The molecular weight excluding hydrogens is 334 g/mol. The zero-order valence-electron chi connectivity index (χ0n) is 13.7. The second kappa shape index (κ2) is 6.52. The summed E-state index contributed by atoms with van der Waals surface area (Å²) >= 11 is 1.50. The molecule has 3 heterocycles. The van der Waals surface area contributed by atoms with Crippen LogP contribution >= 0.6 is 11.3 Å². The van der Waals surface area contributed by atoms with E-state index in [1.165, 1.54) is 16.9 Å². The van der Waals surface area contributed by atoms with Gasteiger partial charge in [0.1, 0.15) is 5.69 Å². The molecule has 7 heteroatoms. The third-order valence-electron chi connectivity index (χ3n) is 4.11. The third kappa shape index (κ3) is 2.94. The van der Waals surface area contributed by atoms with Gasteiger partial charge in [0.05, 0.1) is 0 Å². The predicted molar refractivity (Wildman–Crippen MR) is 97.8 cm³/mol. The minimum Gasteiger partial charge on any atom is -0.343 e.